The highest BCUT2D eigenvalue weighted by molar-refractivity contribution is 4.66. The molecule has 2 atom stereocenters. The summed E-state index contributed by atoms with van der Waals surface area (Å²) in [5, 5.41) is 17.6. The highest BCUT2D eigenvalue weighted by atomic mass is 16.5. The summed E-state index contributed by atoms with van der Waals surface area (Å²) in [4.78, 5) is 0. The van der Waals surface area contributed by atoms with Crippen molar-refractivity contribution in [1.29, 1.82) is 0 Å². The second kappa shape index (κ2) is 7.20. The van der Waals surface area contributed by atoms with Gasteiger partial charge >= 0.3 is 0 Å². The Labute approximate surface area is 93.5 Å². The molecule has 0 saturated heterocycles. The maximum Gasteiger partial charge on any atom is 0.100 e. The van der Waals surface area contributed by atoms with Crippen LogP contribution in [0.25, 0.3) is 0 Å². The molecule has 0 heterocycles. The van der Waals surface area contributed by atoms with Crippen LogP contribution >= 0.6 is 0 Å². The van der Waals surface area contributed by atoms with Crippen LogP contribution in [-0.4, -0.2) is 36.1 Å². The molecule has 0 aliphatic carbocycles. The van der Waals surface area contributed by atoms with Crippen molar-refractivity contribution >= 4 is 0 Å². The van der Waals surface area contributed by atoms with Crippen LogP contribution in [0, 0.1) is 11.3 Å². The standard InChI is InChI=1S/C12H26O3/c1-10(7-12(2,3)4)5-6-15-9-11(14)8-13/h10-11,13-14H,5-9H2,1-4H3. The Morgan fingerprint density at radius 1 is 1.27 bits per heavy atom. The maximum atomic E-state index is 9.03. The van der Waals surface area contributed by atoms with Gasteiger partial charge in [-0.05, 0) is 24.2 Å². The van der Waals surface area contributed by atoms with Crippen LogP contribution in [0.1, 0.15) is 40.5 Å². The fourth-order valence-electron chi connectivity index (χ4n) is 1.70. The lowest BCUT2D eigenvalue weighted by Crippen LogP contribution is -2.20. The predicted octanol–water partition coefficient (Wildman–Crippen LogP) is 1.82. The molecule has 3 heteroatoms. The number of aliphatic hydroxyl groups is 2. The first kappa shape index (κ1) is 14.9. The minimum atomic E-state index is -0.733. The average molecular weight is 218 g/mol. The van der Waals surface area contributed by atoms with Gasteiger partial charge in [0.05, 0.1) is 13.2 Å². The van der Waals surface area contributed by atoms with E-state index in [0.29, 0.717) is 17.9 Å². The minimum Gasteiger partial charge on any atom is -0.394 e. The quantitative estimate of drug-likeness (QED) is 0.641. The molecule has 2 N–H and O–H groups in total. The van der Waals surface area contributed by atoms with Crippen LogP contribution in [0.15, 0.2) is 0 Å². The normalized spacial score (nSPS) is 16.4. The van der Waals surface area contributed by atoms with Crippen LogP contribution in [0.3, 0.4) is 0 Å². The monoisotopic (exact) mass is 218 g/mol. The summed E-state index contributed by atoms with van der Waals surface area (Å²) in [6.07, 6.45) is 1.46. The third-order valence-electron chi connectivity index (χ3n) is 2.24. The lowest BCUT2D eigenvalue weighted by atomic mass is 9.84. The van der Waals surface area contributed by atoms with Gasteiger partial charge in [-0.25, -0.2) is 0 Å². The fourth-order valence-corrected chi connectivity index (χ4v) is 1.70. The Hall–Kier alpha value is -0.120. The molecule has 0 aromatic rings. The van der Waals surface area contributed by atoms with E-state index in [1.807, 2.05) is 0 Å². The minimum absolute atomic E-state index is 0.225. The number of aliphatic hydroxyl groups excluding tert-OH is 2. The van der Waals surface area contributed by atoms with Gasteiger partial charge in [-0.3, -0.25) is 0 Å². The first-order valence-electron chi connectivity index (χ1n) is 5.72. The molecular formula is C12H26O3. The first-order valence-corrected chi connectivity index (χ1v) is 5.72. The largest absolute Gasteiger partial charge is 0.394 e. The molecular weight excluding hydrogens is 192 g/mol. The molecule has 0 aliphatic heterocycles. The van der Waals surface area contributed by atoms with Crippen LogP contribution in [0.5, 0.6) is 0 Å². The van der Waals surface area contributed by atoms with E-state index >= 15 is 0 Å². The van der Waals surface area contributed by atoms with Gasteiger partial charge in [0.1, 0.15) is 6.10 Å². The van der Waals surface area contributed by atoms with E-state index < -0.39 is 6.10 Å². The Morgan fingerprint density at radius 2 is 1.87 bits per heavy atom. The smallest absolute Gasteiger partial charge is 0.100 e. The average Bonchev–Trinajstić information content (AvgIpc) is 2.09. The van der Waals surface area contributed by atoms with E-state index in [-0.39, 0.29) is 13.2 Å². The summed E-state index contributed by atoms with van der Waals surface area (Å²) in [5.41, 5.74) is 0.365. The molecule has 0 radical (unpaired) electrons. The molecule has 0 aliphatic rings. The number of rotatable bonds is 7. The third kappa shape index (κ3) is 10.2. The van der Waals surface area contributed by atoms with E-state index in [0.717, 1.165) is 6.42 Å². The van der Waals surface area contributed by atoms with Gasteiger partial charge in [0.15, 0.2) is 0 Å². The summed E-state index contributed by atoms with van der Waals surface area (Å²) in [6.45, 7) is 9.60. The van der Waals surface area contributed by atoms with Crippen molar-refractivity contribution in [2.24, 2.45) is 11.3 Å². The second-order valence-electron chi connectivity index (χ2n) is 5.57. The van der Waals surface area contributed by atoms with Gasteiger partial charge in [-0.2, -0.15) is 0 Å². The van der Waals surface area contributed by atoms with Crippen molar-refractivity contribution in [2.75, 3.05) is 19.8 Å². The number of hydrogen-bond acceptors (Lipinski definition) is 3. The van der Waals surface area contributed by atoms with Crippen molar-refractivity contribution in [2.45, 2.75) is 46.6 Å². The van der Waals surface area contributed by atoms with Crippen LogP contribution in [0.4, 0.5) is 0 Å². The van der Waals surface area contributed by atoms with Gasteiger partial charge in [0.25, 0.3) is 0 Å². The number of ether oxygens (including phenoxy) is 1. The van der Waals surface area contributed by atoms with Crippen molar-refractivity contribution in [3.8, 4) is 0 Å². The SMILES string of the molecule is CC(CCOCC(O)CO)CC(C)(C)C. The second-order valence-corrected chi connectivity index (χ2v) is 5.57. The summed E-state index contributed by atoms with van der Waals surface area (Å²) in [6, 6.07) is 0. The van der Waals surface area contributed by atoms with Crippen molar-refractivity contribution in [1.82, 2.24) is 0 Å². The van der Waals surface area contributed by atoms with Crippen LogP contribution in [-0.2, 0) is 4.74 Å². The molecule has 0 spiro atoms. The van der Waals surface area contributed by atoms with Gasteiger partial charge in [0, 0.05) is 6.61 Å². The zero-order chi connectivity index (χ0) is 11.9. The molecule has 15 heavy (non-hydrogen) atoms. The van der Waals surface area contributed by atoms with E-state index in [1.54, 1.807) is 0 Å². The van der Waals surface area contributed by atoms with E-state index in [4.69, 9.17) is 14.9 Å². The van der Waals surface area contributed by atoms with E-state index in [1.165, 1.54) is 6.42 Å². The van der Waals surface area contributed by atoms with Gasteiger partial charge in [-0.15, -0.1) is 0 Å². The highest BCUT2D eigenvalue weighted by Gasteiger charge is 2.15. The maximum absolute atomic E-state index is 9.03. The zero-order valence-corrected chi connectivity index (χ0v) is 10.5. The summed E-state index contributed by atoms with van der Waals surface area (Å²) < 4.78 is 5.26. The lowest BCUT2D eigenvalue weighted by Gasteiger charge is -2.23. The molecule has 2 unspecified atom stereocenters. The van der Waals surface area contributed by atoms with Crippen LogP contribution < -0.4 is 0 Å². The Bertz CT molecular complexity index is 151. The summed E-state index contributed by atoms with van der Waals surface area (Å²) in [7, 11) is 0. The molecule has 0 aromatic carbocycles. The van der Waals surface area contributed by atoms with Crippen LogP contribution in [0.2, 0.25) is 0 Å². The number of hydrogen-bond donors (Lipinski definition) is 2. The molecule has 3 nitrogen and oxygen atoms in total. The van der Waals surface area contributed by atoms with Crippen molar-refractivity contribution in [3.05, 3.63) is 0 Å². The molecule has 0 aromatic heterocycles. The van der Waals surface area contributed by atoms with Gasteiger partial charge < -0.3 is 14.9 Å². The molecule has 0 rings (SSSR count). The fraction of sp³-hybridized carbons (Fsp3) is 1.00. The molecule has 0 fully saturated rings. The Balaban J connectivity index is 3.43. The van der Waals surface area contributed by atoms with Gasteiger partial charge in [0.2, 0.25) is 0 Å². The predicted molar refractivity (Wildman–Crippen MR) is 61.8 cm³/mol. The Morgan fingerprint density at radius 3 is 2.33 bits per heavy atom. The van der Waals surface area contributed by atoms with E-state index in [2.05, 4.69) is 27.7 Å². The van der Waals surface area contributed by atoms with E-state index in [9.17, 15) is 0 Å². The lowest BCUT2D eigenvalue weighted by molar-refractivity contribution is 0.00225. The van der Waals surface area contributed by atoms with Gasteiger partial charge in [-0.1, -0.05) is 27.7 Å². The zero-order valence-electron chi connectivity index (χ0n) is 10.5. The molecule has 0 saturated carbocycles. The molecule has 92 valence electrons. The van der Waals surface area contributed by atoms with Crippen molar-refractivity contribution < 1.29 is 14.9 Å². The topological polar surface area (TPSA) is 49.7 Å². The molecule has 0 amide bonds. The third-order valence-corrected chi connectivity index (χ3v) is 2.24. The summed E-state index contributed by atoms with van der Waals surface area (Å²) >= 11 is 0. The highest BCUT2D eigenvalue weighted by Crippen LogP contribution is 2.25. The molecule has 0 bridgehead atoms. The first-order chi connectivity index (χ1) is 6.85. The van der Waals surface area contributed by atoms with Crippen molar-refractivity contribution in [3.63, 3.8) is 0 Å². The summed E-state index contributed by atoms with van der Waals surface area (Å²) in [5.74, 6) is 0.635. The Kier molecular flexibility index (Phi) is 7.14.